The SMILES string of the molecule is COc1ccc(-n2cnnn2)cc1C(=O)N(C)C[C@@H](CCN1CCC(C(=O)N2CCN(CC(O)O)CC2)(c2ccccc2)CC1)c1ccc(Cl)c(Cl)c1. The lowest BCUT2D eigenvalue weighted by Gasteiger charge is -2.45. The van der Waals surface area contributed by atoms with Crippen LogP contribution in [0.2, 0.25) is 10.0 Å². The van der Waals surface area contributed by atoms with E-state index in [4.69, 9.17) is 27.9 Å². The number of likely N-dealkylation sites (tertiary alicyclic amines) is 1. The van der Waals surface area contributed by atoms with Crippen LogP contribution in [0.3, 0.4) is 0 Å². The molecule has 0 radical (unpaired) electrons. The highest BCUT2D eigenvalue weighted by Crippen LogP contribution is 2.38. The van der Waals surface area contributed by atoms with Crippen LogP contribution in [0.15, 0.2) is 73.1 Å². The number of hydrogen-bond acceptors (Lipinski definition) is 10. The lowest BCUT2D eigenvalue weighted by atomic mass is 9.71. The largest absolute Gasteiger partial charge is 0.496 e. The number of piperazine rings is 1. The normalized spacial score (nSPS) is 17.2. The Bertz CT molecular complexity index is 1830. The molecule has 0 aliphatic carbocycles. The van der Waals surface area contributed by atoms with E-state index in [-0.39, 0.29) is 24.3 Å². The highest BCUT2D eigenvalue weighted by Gasteiger charge is 2.45. The number of carbonyl (C=O) groups excluding carboxylic acids is 2. The molecular formula is C38H46Cl2N8O5. The number of likely N-dealkylation sites (N-methyl/N-ethyl adjacent to an activating group) is 1. The number of rotatable bonds is 13. The number of benzene rings is 3. The number of aliphatic hydroxyl groups excluding tert-OH is 1. The van der Waals surface area contributed by atoms with Crippen molar-refractivity contribution in [3.8, 4) is 11.4 Å². The predicted octanol–water partition coefficient (Wildman–Crippen LogP) is 3.71. The zero-order valence-electron chi connectivity index (χ0n) is 30.0. The van der Waals surface area contributed by atoms with Gasteiger partial charge in [0, 0.05) is 52.2 Å². The zero-order chi connectivity index (χ0) is 37.5. The Morgan fingerprint density at radius 1 is 0.925 bits per heavy atom. The maximum atomic E-state index is 14.4. The van der Waals surface area contributed by atoms with Gasteiger partial charge in [-0.2, -0.15) is 0 Å². The molecule has 2 saturated heterocycles. The second-order valence-electron chi connectivity index (χ2n) is 13.8. The van der Waals surface area contributed by atoms with Gasteiger partial charge in [0.05, 0.1) is 33.8 Å². The average Bonchev–Trinajstić information content (AvgIpc) is 3.73. The number of methoxy groups -OCH3 is 1. The van der Waals surface area contributed by atoms with Gasteiger partial charge in [0.2, 0.25) is 5.91 Å². The minimum Gasteiger partial charge on any atom is -0.496 e. The van der Waals surface area contributed by atoms with Gasteiger partial charge < -0.3 is 29.6 Å². The lowest BCUT2D eigenvalue weighted by molar-refractivity contribution is -0.142. The number of carbonyl (C=O) groups is 2. The number of halogens is 2. The number of ether oxygens (including phenoxy) is 1. The molecule has 1 atom stereocenters. The van der Waals surface area contributed by atoms with Crippen LogP contribution in [0, 0.1) is 0 Å². The van der Waals surface area contributed by atoms with Crippen LogP contribution in [-0.4, -0.2) is 141 Å². The van der Waals surface area contributed by atoms with Crippen molar-refractivity contribution in [2.24, 2.45) is 0 Å². The van der Waals surface area contributed by atoms with Crippen molar-refractivity contribution in [2.75, 3.05) is 73.1 Å². The number of hydrogen-bond donors (Lipinski definition) is 2. The van der Waals surface area contributed by atoms with Gasteiger partial charge in [-0.1, -0.05) is 59.6 Å². The molecule has 0 unspecified atom stereocenters. The number of tetrazole rings is 1. The summed E-state index contributed by atoms with van der Waals surface area (Å²) in [5.41, 5.74) is 2.40. The van der Waals surface area contributed by atoms with Crippen LogP contribution < -0.4 is 4.74 Å². The lowest BCUT2D eigenvalue weighted by Crippen LogP contribution is -2.58. The van der Waals surface area contributed by atoms with Crippen molar-refractivity contribution in [2.45, 2.75) is 36.9 Å². The Balaban J connectivity index is 1.16. The van der Waals surface area contributed by atoms with Crippen molar-refractivity contribution < 1.29 is 24.5 Å². The topological polar surface area (TPSA) is 140 Å². The molecule has 0 spiro atoms. The van der Waals surface area contributed by atoms with Crippen LogP contribution in [0.25, 0.3) is 5.69 Å². The summed E-state index contributed by atoms with van der Waals surface area (Å²) in [7, 11) is 3.31. The Morgan fingerprint density at radius 2 is 1.66 bits per heavy atom. The Labute approximate surface area is 319 Å². The third kappa shape index (κ3) is 8.99. The summed E-state index contributed by atoms with van der Waals surface area (Å²) in [6, 6.07) is 21.0. The van der Waals surface area contributed by atoms with E-state index < -0.39 is 11.7 Å². The maximum absolute atomic E-state index is 14.4. The highest BCUT2D eigenvalue weighted by molar-refractivity contribution is 6.42. The summed E-state index contributed by atoms with van der Waals surface area (Å²) in [5.74, 6) is 0.309. The van der Waals surface area contributed by atoms with Gasteiger partial charge in [0.25, 0.3) is 5.91 Å². The molecule has 282 valence electrons. The summed E-state index contributed by atoms with van der Waals surface area (Å²) in [6.45, 7) is 5.13. The Kier molecular flexibility index (Phi) is 12.6. The summed E-state index contributed by atoms with van der Waals surface area (Å²) < 4.78 is 7.05. The van der Waals surface area contributed by atoms with E-state index in [1.807, 2.05) is 40.1 Å². The monoisotopic (exact) mass is 764 g/mol. The van der Waals surface area contributed by atoms with E-state index >= 15 is 0 Å². The zero-order valence-corrected chi connectivity index (χ0v) is 31.5. The first kappa shape index (κ1) is 38.6. The van der Waals surface area contributed by atoms with E-state index in [2.05, 4.69) is 32.6 Å². The molecule has 2 aliphatic heterocycles. The predicted molar refractivity (Wildman–Crippen MR) is 202 cm³/mol. The minimum atomic E-state index is -1.39. The van der Waals surface area contributed by atoms with Crippen LogP contribution in [-0.2, 0) is 10.2 Å². The van der Waals surface area contributed by atoms with E-state index in [0.717, 1.165) is 37.2 Å². The molecule has 15 heteroatoms. The molecule has 0 bridgehead atoms. The average molecular weight is 766 g/mol. The number of β-amino-alcohol motifs (C(OH)–C–C–N with tert-alkyl or cyclic N) is 2. The molecule has 3 aromatic carbocycles. The standard InChI is InChI=1S/C38H46Cl2N8O5/c1-44(36(51)31-23-30(9-11-34(31)53-2)48-26-41-42-43-48)24-28(27-8-10-32(39)33(40)22-27)12-15-45-16-13-38(14-17-45,29-6-4-3-5-7-29)37(52)47-20-18-46(19-21-47)25-35(49)50/h3-11,22-23,26,28,35,49-50H,12-21,24-25H2,1-2H3/t28-/m1/s1. The summed E-state index contributed by atoms with van der Waals surface area (Å²) in [4.78, 5) is 36.4. The maximum Gasteiger partial charge on any atom is 0.257 e. The highest BCUT2D eigenvalue weighted by atomic mass is 35.5. The van der Waals surface area contributed by atoms with Crippen molar-refractivity contribution >= 4 is 35.0 Å². The fraction of sp³-hybridized carbons (Fsp3) is 0.447. The van der Waals surface area contributed by atoms with Crippen molar-refractivity contribution in [1.82, 2.24) is 39.8 Å². The van der Waals surface area contributed by atoms with E-state index in [1.54, 1.807) is 36.2 Å². The third-order valence-electron chi connectivity index (χ3n) is 10.6. The summed E-state index contributed by atoms with van der Waals surface area (Å²) in [5, 5.41) is 31.1. The quantitative estimate of drug-likeness (QED) is 0.194. The first-order valence-corrected chi connectivity index (χ1v) is 18.6. The summed E-state index contributed by atoms with van der Waals surface area (Å²) >= 11 is 12.8. The number of amides is 2. The van der Waals surface area contributed by atoms with E-state index in [9.17, 15) is 19.8 Å². The first-order valence-electron chi connectivity index (χ1n) is 17.9. The second kappa shape index (κ2) is 17.4. The fourth-order valence-electron chi connectivity index (χ4n) is 7.58. The number of aromatic nitrogens is 4. The molecule has 1 aromatic heterocycles. The van der Waals surface area contributed by atoms with E-state index in [0.29, 0.717) is 72.6 Å². The molecule has 2 fully saturated rings. The van der Waals surface area contributed by atoms with Gasteiger partial charge in [-0.15, -0.1) is 5.10 Å². The molecule has 4 aromatic rings. The van der Waals surface area contributed by atoms with Crippen molar-refractivity contribution in [3.63, 3.8) is 0 Å². The molecule has 2 N–H and O–H groups in total. The third-order valence-corrected chi connectivity index (χ3v) is 11.3. The van der Waals surface area contributed by atoms with Gasteiger partial charge in [0.15, 0.2) is 6.29 Å². The van der Waals surface area contributed by atoms with Crippen LogP contribution in [0.1, 0.15) is 46.7 Å². The number of nitrogens with zero attached hydrogens (tertiary/aromatic N) is 8. The minimum absolute atomic E-state index is 0.0661. The van der Waals surface area contributed by atoms with Crippen LogP contribution >= 0.6 is 23.2 Å². The molecule has 6 rings (SSSR count). The van der Waals surface area contributed by atoms with Gasteiger partial charge in [-0.05, 0) is 90.8 Å². The van der Waals surface area contributed by atoms with Crippen molar-refractivity contribution in [3.05, 3.63) is 99.8 Å². The van der Waals surface area contributed by atoms with Gasteiger partial charge in [-0.25, -0.2) is 4.68 Å². The van der Waals surface area contributed by atoms with Gasteiger partial charge >= 0.3 is 0 Å². The second-order valence-corrected chi connectivity index (χ2v) is 14.7. The van der Waals surface area contributed by atoms with E-state index in [1.165, 1.54) is 18.1 Å². The molecule has 13 nitrogen and oxygen atoms in total. The van der Waals surface area contributed by atoms with Gasteiger partial charge in [-0.3, -0.25) is 14.5 Å². The molecule has 0 saturated carbocycles. The Hall–Kier alpha value is -4.11. The molecule has 2 amide bonds. The Morgan fingerprint density at radius 3 is 2.30 bits per heavy atom. The van der Waals surface area contributed by atoms with Crippen LogP contribution in [0.5, 0.6) is 5.75 Å². The fourth-order valence-corrected chi connectivity index (χ4v) is 7.89. The van der Waals surface area contributed by atoms with Gasteiger partial charge in [0.1, 0.15) is 12.1 Å². The summed E-state index contributed by atoms with van der Waals surface area (Å²) in [6.07, 6.45) is 2.17. The van der Waals surface area contributed by atoms with Crippen LogP contribution in [0.4, 0.5) is 0 Å². The molecule has 53 heavy (non-hydrogen) atoms. The first-order chi connectivity index (χ1) is 25.6. The molecule has 3 heterocycles. The number of piperidine rings is 1. The smallest absolute Gasteiger partial charge is 0.257 e. The molecular weight excluding hydrogens is 719 g/mol. The number of aliphatic hydroxyl groups is 2. The van der Waals surface area contributed by atoms with Crippen molar-refractivity contribution in [1.29, 1.82) is 0 Å². The molecule has 2 aliphatic rings.